The second-order valence-corrected chi connectivity index (χ2v) is 10.0. The van der Waals surface area contributed by atoms with Gasteiger partial charge in [-0.05, 0) is 67.8 Å². The van der Waals surface area contributed by atoms with Crippen LogP contribution in [0.1, 0.15) is 23.6 Å². The summed E-state index contributed by atoms with van der Waals surface area (Å²) in [5, 5.41) is 13.7. The van der Waals surface area contributed by atoms with Crippen molar-refractivity contribution in [3.63, 3.8) is 0 Å². The Kier molecular flexibility index (Phi) is 7.55. The number of rotatable bonds is 6. The number of aryl methyl sites for hydroxylation is 2. The third-order valence-electron chi connectivity index (χ3n) is 5.75. The van der Waals surface area contributed by atoms with Gasteiger partial charge in [0.1, 0.15) is 11.1 Å². The molecule has 6 heteroatoms. The van der Waals surface area contributed by atoms with E-state index in [0.29, 0.717) is 21.3 Å². The maximum atomic E-state index is 13.0. The van der Waals surface area contributed by atoms with Gasteiger partial charge in [0.2, 0.25) is 5.91 Å². The first-order valence-electron chi connectivity index (χ1n) is 11.2. The van der Waals surface area contributed by atoms with Gasteiger partial charge in [-0.25, -0.2) is 4.98 Å². The molecule has 0 saturated heterocycles. The van der Waals surface area contributed by atoms with E-state index in [9.17, 15) is 10.1 Å². The number of pyridine rings is 1. The highest BCUT2D eigenvalue weighted by atomic mass is 35.5. The average Bonchev–Trinajstić information content (AvgIpc) is 2.86. The van der Waals surface area contributed by atoms with Gasteiger partial charge >= 0.3 is 0 Å². The van der Waals surface area contributed by atoms with Crippen molar-refractivity contribution in [1.29, 1.82) is 5.26 Å². The highest BCUT2D eigenvalue weighted by Crippen LogP contribution is 2.36. The van der Waals surface area contributed by atoms with Crippen LogP contribution in [0.25, 0.3) is 22.4 Å². The highest BCUT2D eigenvalue weighted by Gasteiger charge is 2.21. The van der Waals surface area contributed by atoms with Crippen LogP contribution < -0.4 is 5.32 Å². The number of carbonyl (C=O) groups is 1. The molecular formula is C29H24ClN3OS. The van der Waals surface area contributed by atoms with E-state index in [-0.39, 0.29) is 5.91 Å². The van der Waals surface area contributed by atoms with E-state index in [0.717, 1.165) is 27.9 Å². The van der Waals surface area contributed by atoms with Crippen LogP contribution in [0.5, 0.6) is 0 Å². The van der Waals surface area contributed by atoms with Crippen LogP contribution in [0.15, 0.2) is 83.9 Å². The number of aromatic nitrogens is 1. The fourth-order valence-electron chi connectivity index (χ4n) is 3.61. The standard InChI is InChI=1S/C29H24ClN3OS/c1-18-9-14-24(15-19(18)2)32-28(34)20(3)35-29-26(17-31)25(21-7-5-4-6-8-21)16-27(33-29)22-10-12-23(30)13-11-22/h4-16,20H,1-3H3,(H,32,34)/t20-/m0/s1. The molecule has 0 spiro atoms. The second-order valence-electron chi connectivity index (χ2n) is 8.27. The number of halogens is 1. The zero-order valence-corrected chi connectivity index (χ0v) is 21.2. The van der Waals surface area contributed by atoms with Gasteiger partial charge in [0.25, 0.3) is 0 Å². The van der Waals surface area contributed by atoms with Crippen LogP contribution in [0.3, 0.4) is 0 Å². The summed E-state index contributed by atoms with van der Waals surface area (Å²) in [6.45, 7) is 5.87. The fraction of sp³-hybridized carbons (Fsp3) is 0.138. The predicted octanol–water partition coefficient (Wildman–Crippen LogP) is 7.68. The van der Waals surface area contributed by atoms with Crippen molar-refractivity contribution >= 4 is 35.0 Å². The summed E-state index contributed by atoms with van der Waals surface area (Å²) in [6, 6.07) is 27.2. The molecule has 0 aliphatic rings. The molecule has 1 N–H and O–H groups in total. The monoisotopic (exact) mass is 497 g/mol. The van der Waals surface area contributed by atoms with Crippen LogP contribution in [0.4, 0.5) is 5.69 Å². The highest BCUT2D eigenvalue weighted by molar-refractivity contribution is 8.00. The number of carbonyl (C=O) groups excluding carboxylic acids is 1. The molecule has 0 fully saturated rings. The molecule has 0 bridgehead atoms. The van der Waals surface area contributed by atoms with Crippen molar-refractivity contribution < 1.29 is 4.79 Å². The number of benzene rings is 3. The molecule has 4 aromatic rings. The number of hydrogen-bond acceptors (Lipinski definition) is 4. The SMILES string of the molecule is Cc1ccc(NC(=O)[C@H](C)Sc2nc(-c3ccc(Cl)cc3)cc(-c3ccccc3)c2C#N)cc1C. The summed E-state index contributed by atoms with van der Waals surface area (Å²) in [4.78, 5) is 17.8. The Bertz CT molecular complexity index is 1410. The Labute approximate surface area is 215 Å². The molecule has 4 rings (SSSR count). The van der Waals surface area contributed by atoms with Crippen molar-refractivity contribution in [2.75, 3.05) is 5.32 Å². The molecule has 0 aliphatic heterocycles. The lowest BCUT2D eigenvalue weighted by Crippen LogP contribution is -2.22. The summed E-state index contributed by atoms with van der Waals surface area (Å²) < 4.78 is 0. The number of nitrogens with zero attached hydrogens (tertiary/aromatic N) is 2. The zero-order chi connectivity index (χ0) is 24.9. The summed E-state index contributed by atoms with van der Waals surface area (Å²) in [5.41, 5.74) is 6.76. The number of nitriles is 1. The second kappa shape index (κ2) is 10.8. The van der Waals surface area contributed by atoms with E-state index >= 15 is 0 Å². The number of hydrogen-bond donors (Lipinski definition) is 1. The Morgan fingerprint density at radius 3 is 2.34 bits per heavy atom. The van der Waals surface area contributed by atoms with Crippen molar-refractivity contribution in [2.45, 2.75) is 31.0 Å². The van der Waals surface area contributed by atoms with Gasteiger partial charge in [-0.3, -0.25) is 4.79 Å². The van der Waals surface area contributed by atoms with E-state index in [1.807, 2.05) is 99.6 Å². The Balaban J connectivity index is 1.71. The molecule has 1 amide bonds. The molecule has 0 aliphatic carbocycles. The van der Waals surface area contributed by atoms with Gasteiger partial charge in [-0.15, -0.1) is 0 Å². The predicted molar refractivity (Wildman–Crippen MR) is 145 cm³/mol. The van der Waals surface area contributed by atoms with E-state index in [4.69, 9.17) is 16.6 Å². The topological polar surface area (TPSA) is 65.8 Å². The normalized spacial score (nSPS) is 11.5. The molecule has 35 heavy (non-hydrogen) atoms. The molecule has 1 heterocycles. The number of anilines is 1. The Morgan fingerprint density at radius 2 is 1.69 bits per heavy atom. The molecule has 1 atom stereocenters. The van der Waals surface area contributed by atoms with Gasteiger partial charge in [-0.1, -0.05) is 71.9 Å². The quantitative estimate of drug-likeness (QED) is 0.277. The summed E-state index contributed by atoms with van der Waals surface area (Å²) in [6.07, 6.45) is 0. The Hall–Kier alpha value is -3.59. The first kappa shape index (κ1) is 24.5. The van der Waals surface area contributed by atoms with E-state index in [1.54, 1.807) is 0 Å². The van der Waals surface area contributed by atoms with Crippen molar-refractivity contribution in [2.24, 2.45) is 0 Å². The molecule has 0 radical (unpaired) electrons. The van der Waals surface area contributed by atoms with Crippen LogP contribution in [-0.2, 0) is 4.79 Å². The van der Waals surface area contributed by atoms with Gasteiger partial charge < -0.3 is 5.32 Å². The van der Waals surface area contributed by atoms with Crippen molar-refractivity contribution in [3.8, 4) is 28.5 Å². The van der Waals surface area contributed by atoms with Gasteiger partial charge in [0.05, 0.1) is 16.5 Å². The molecule has 4 nitrogen and oxygen atoms in total. The molecule has 174 valence electrons. The Morgan fingerprint density at radius 1 is 0.971 bits per heavy atom. The fourth-order valence-corrected chi connectivity index (χ4v) is 4.66. The maximum Gasteiger partial charge on any atom is 0.237 e. The molecule has 0 saturated carbocycles. The lowest BCUT2D eigenvalue weighted by atomic mass is 9.99. The third kappa shape index (κ3) is 5.74. The van der Waals surface area contributed by atoms with E-state index < -0.39 is 5.25 Å². The maximum absolute atomic E-state index is 13.0. The van der Waals surface area contributed by atoms with Gasteiger partial charge in [0, 0.05) is 21.8 Å². The lowest BCUT2D eigenvalue weighted by Gasteiger charge is -2.16. The van der Waals surface area contributed by atoms with Crippen molar-refractivity contribution in [1.82, 2.24) is 4.98 Å². The third-order valence-corrected chi connectivity index (χ3v) is 7.09. The smallest absolute Gasteiger partial charge is 0.237 e. The van der Waals surface area contributed by atoms with Crippen molar-refractivity contribution in [3.05, 3.63) is 101 Å². The summed E-state index contributed by atoms with van der Waals surface area (Å²) >= 11 is 7.36. The first-order chi connectivity index (χ1) is 16.9. The largest absolute Gasteiger partial charge is 0.325 e. The molecule has 1 aromatic heterocycles. The number of thioether (sulfide) groups is 1. The molecular weight excluding hydrogens is 474 g/mol. The minimum absolute atomic E-state index is 0.151. The zero-order valence-electron chi connectivity index (χ0n) is 19.7. The average molecular weight is 498 g/mol. The van der Waals surface area contributed by atoms with Gasteiger partial charge in [-0.2, -0.15) is 5.26 Å². The molecule has 3 aromatic carbocycles. The van der Waals surface area contributed by atoms with Crippen LogP contribution >= 0.6 is 23.4 Å². The number of amides is 1. The summed E-state index contributed by atoms with van der Waals surface area (Å²) in [5.74, 6) is -0.151. The minimum Gasteiger partial charge on any atom is -0.325 e. The lowest BCUT2D eigenvalue weighted by molar-refractivity contribution is -0.115. The van der Waals surface area contributed by atoms with Crippen LogP contribution in [0, 0.1) is 25.2 Å². The van der Waals surface area contributed by atoms with Crippen LogP contribution in [-0.4, -0.2) is 16.1 Å². The van der Waals surface area contributed by atoms with E-state index in [2.05, 4.69) is 11.4 Å². The van der Waals surface area contributed by atoms with E-state index in [1.165, 1.54) is 17.3 Å². The minimum atomic E-state index is -0.472. The van der Waals surface area contributed by atoms with Gasteiger partial charge in [0.15, 0.2) is 0 Å². The first-order valence-corrected chi connectivity index (χ1v) is 12.4. The van der Waals surface area contributed by atoms with Crippen LogP contribution in [0.2, 0.25) is 5.02 Å². The molecule has 0 unspecified atom stereocenters. The number of nitrogens with one attached hydrogen (secondary N) is 1. The summed E-state index contributed by atoms with van der Waals surface area (Å²) in [7, 11) is 0.